The van der Waals surface area contributed by atoms with Crippen LogP contribution in [0.3, 0.4) is 0 Å². The maximum atomic E-state index is 12.3. The number of carbonyl (C=O) groups is 1. The van der Waals surface area contributed by atoms with E-state index in [-0.39, 0.29) is 5.78 Å². The number of ketones is 1. The average molecular weight is 235 g/mol. The van der Waals surface area contributed by atoms with Crippen LogP contribution in [0.15, 0.2) is 24.3 Å². The van der Waals surface area contributed by atoms with Gasteiger partial charge in [-0.15, -0.1) is 0 Å². The van der Waals surface area contributed by atoms with Crippen molar-refractivity contribution >= 4 is 5.78 Å². The fraction of sp³-hybridized carbons (Fsp3) is 0.500. The molecule has 0 atom stereocenters. The van der Waals surface area contributed by atoms with Crippen LogP contribution in [0.2, 0.25) is 0 Å². The Morgan fingerprint density at radius 2 is 2.00 bits per heavy atom. The lowest BCUT2D eigenvalue weighted by molar-refractivity contribution is 0.0885. The Hall–Kier alpha value is -1.35. The minimum atomic E-state index is -0.578. The van der Waals surface area contributed by atoms with Gasteiger partial charge in [-0.25, -0.2) is 0 Å². The molecule has 3 nitrogen and oxygen atoms in total. The first-order valence-electron chi connectivity index (χ1n) is 5.98. The third-order valence-electron chi connectivity index (χ3n) is 2.79. The third kappa shape index (κ3) is 3.30. The van der Waals surface area contributed by atoms with Gasteiger partial charge < -0.3 is 10.1 Å². The molecule has 0 saturated heterocycles. The van der Waals surface area contributed by atoms with Gasteiger partial charge in [0, 0.05) is 0 Å². The van der Waals surface area contributed by atoms with Crippen molar-refractivity contribution in [2.24, 2.45) is 0 Å². The quantitative estimate of drug-likeness (QED) is 0.770. The Morgan fingerprint density at radius 1 is 1.35 bits per heavy atom. The maximum Gasteiger partial charge on any atom is 0.185 e. The van der Waals surface area contributed by atoms with Gasteiger partial charge in [0.25, 0.3) is 0 Å². The van der Waals surface area contributed by atoms with E-state index in [1.54, 1.807) is 7.05 Å². The van der Waals surface area contributed by atoms with Gasteiger partial charge in [0.15, 0.2) is 5.78 Å². The number of Topliss-reactive ketones (excluding diaryl/α,β-unsaturated/α-hetero) is 1. The summed E-state index contributed by atoms with van der Waals surface area (Å²) < 4.78 is 5.60. The zero-order valence-electron chi connectivity index (χ0n) is 11.0. The number of hydrogen-bond donors (Lipinski definition) is 1. The molecule has 0 aliphatic carbocycles. The molecule has 3 heteroatoms. The Morgan fingerprint density at radius 3 is 2.59 bits per heavy atom. The van der Waals surface area contributed by atoms with E-state index in [4.69, 9.17) is 4.74 Å². The van der Waals surface area contributed by atoms with Crippen molar-refractivity contribution < 1.29 is 9.53 Å². The highest BCUT2D eigenvalue weighted by Crippen LogP contribution is 2.23. The van der Waals surface area contributed by atoms with E-state index in [0.29, 0.717) is 17.9 Å². The van der Waals surface area contributed by atoms with E-state index in [9.17, 15) is 4.79 Å². The molecule has 0 bridgehead atoms. The lowest BCUT2D eigenvalue weighted by atomic mass is 9.93. The molecule has 1 aromatic rings. The Kier molecular flexibility index (Phi) is 4.70. The molecular formula is C14H21NO2. The SMILES string of the molecule is CCCOc1ccccc1C(=O)C(C)(C)NC. The van der Waals surface area contributed by atoms with Gasteiger partial charge in [0.2, 0.25) is 0 Å². The zero-order chi connectivity index (χ0) is 12.9. The van der Waals surface area contributed by atoms with Gasteiger partial charge in [-0.3, -0.25) is 4.79 Å². The predicted molar refractivity (Wildman–Crippen MR) is 69.7 cm³/mol. The molecule has 1 aromatic carbocycles. The molecule has 0 unspecified atom stereocenters. The molecule has 0 aromatic heterocycles. The fourth-order valence-electron chi connectivity index (χ4n) is 1.44. The van der Waals surface area contributed by atoms with Crippen molar-refractivity contribution in [3.63, 3.8) is 0 Å². The normalized spacial score (nSPS) is 11.3. The van der Waals surface area contributed by atoms with Crippen molar-refractivity contribution in [3.8, 4) is 5.75 Å². The van der Waals surface area contributed by atoms with Gasteiger partial charge in [-0.2, -0.15) is 0 Å². The second-order valence-electron chi connectivity index (χ2n) is 4.55. The lowest BCUT2D eigenvalue weighted by Gasteiger charge is -2.23. The molecule has 94 valence electrons. The molecule has 0 aliphatic heterocycles. The second-order valence-corrected chi connectivity index (χ2v) is 4.55. The Balaban J connectivity index is 3.00. The van der Waals surface area contributed by atoms with E-state index < -0.39 is 5.54 Å². The first-order valence-corrected chi connectivity index (χ1v) is 5.98. The predicted octanol–water partition coefficient (Wildman–Crippen LogP) is 2.66. The number of rotatable bonds is 6. The molecule has 0 saturated carbocycles. The van der Waals surface area contributed by atoms with Crippen LogP contribution in [0.25, 0.3) is 0 Å². The molecule has 17 heavy (non-hydrogen) atoms. The number of likely N-dealkylation sites (N-methyl/N-ethyl adjacent to an activating group) is 1. The highest BCUT2D eigenvalue weighted by molar-refractivity contribution is 6.04. The molecule has 0 aliphatic rings. The van der Waals surface area contributed by atoms with Crippen LogP contribution in [0.4, 0.5) is 0 Å². The van der Waals surface area contributed by atoms with Gasteiger partial charge in [-0.05, 0) is 39.4 Å². The molecule has 1 rings (SSSR count). The van der Waals surface area contributed by atoms with E-state index in [0.717, 1.165) is 6.42 Å². The molecule has 0 heterocycles. The van der Waals surface area contributed by atoms with Crippen molar-refractivity contribution in [2.75, 3.05) is 13.7 Å². The first kappa shape index (κ1) is 13.7. The van der Waals surface area contributed by atoms with Crippen LogP contribution in [-0.4, -0.2) is 25.0 Å². The summed E-state index contributed by atoms with van der Waals surface area (Å²) in [5, 5.41) is 3.02. The van der Waals surface area contributed by atoms with E-state index in [1.165, 1.54) is 0 Å². The largest absolute Gasteiger partial charge is 0.493 e. The summed E-state index contributed by atoms with van der Waals surface area (Å²) in [6.45, 7) is 6.41. The van der Waals surface area contributed by atoms with Crippen molar-refractivity contribution in [1.82, 2.24) is 5.32 Å². The minimum absolute atomic E-state index is 0.0479. The van der Waals surface area contributed by atoms with Crippen LogP contribution >= 0.6 is 0 Å². The molecule has 1 N–H and O–H groups in total. The molecule has 0 radical (unpaired) electrons. The molecule has 0 amide bonds. The number of nitrogens with one attached hydrogen (secondary N) is 1. The highest BCUT2D eigenvalue weighted by atomic mass is 16.5. The molecular weight excluding hydrogens is 214 g/mol. The van der Waals surface area contributed by atoms with Crippen molar-refractivity contribution in [3.05, 3.63) is 29.8 Å². The number of para-hydroxylation sites is 1. The average Bonchev–Trinajstić information content (AvgIpc) is 2.35. The van der Waals surface area contributed by atoms with E-state index in [1.807, 2.05) is 45.0 Å². The highest BCUT2D eigenvalue weighted by Gasteiger charge is 2.28. The Bertz CT molecular complexity index is 386. The standard InChI is InChI=1S/C14H21NO2/c1-5-10-17-12-9-7-6-8-11(12)13(16)14(2,3)15-4/h6-9,15H,5,10H2,1-4H3. The van der Waals surface area contributed by atoms with Crippen molar-refractivity contribution in [2.45, 2.75) is 32.7 Å². The van der Waals surface area contributed by atoms with E-state index in [2.05, 4.69) is 5.32 Å². The van der Waals surface area contributed by atoms with Gasteiger partial charge >= 0.3 is 0 Å². The summed E-state index contributed by atoms with van der Waals surface area (Å²) in [7, 11) is 1.79. The summed E-state index contributed by atoms with van der Waals surface area (Å²) in [5.74, 6) is 0.717. The van der Waals surface area contributed by atoms with Crippen LogP contribution in [0, 0.1) is 0 Å². The first-order chi connectivity index (χ1) is 8.03. The summed E-state index contributed by atoms with van der Waals surface area (Å²) >= 11 is 0. The minimum Gasteiger partial charge on any atom is -0.493 e. The van der Waals surface area contributed by atoms with Crippen molar-refractivity contribution in [1.29, 1.82) is 0 Å². The fourth-order valence-corrected chi connectivity index (χ4v) is 1.44. The second kappa shape index (κ2) is 5.82. The summed E-state index contributed by atoms with van der Waals surface area (Å²) in [4.78, 5) is 12.3. The third-order valence-corrected chi connectivity index (χ3v) is 2.79. The lowest BCUT2D eigenvalue weighted by Crippen LogP contribution is -2.44. The maximum absolute atomic E-state index is 12.3. The van der Waals surface area contributed by atoms with Crippen LogP contribution < -0.4 is 10.1 Å². The van der Waals surface area contributed by atoms with Crippen LogP contribution in [0.5, 0.6) is 5.75 Å². The topological polar surface area (TPSA) is 38.3 Å². The van der Waals surface area contributed by atoms with Gasteiger partial charge in [0.1, 0.15) is 5.75 Å². The number of hydrogen-bond acceptors (Lipinski definition) is 3. The number of carbonyl (C=O) groups excluding carboxylic acids is 1. The summed E-state index contributed by atoms with van der Waals surface area (Å²) in [5.41, 5.74) is 0.0615. The van der Waals surface area contributed by atoms with Gasteiger partial charge in [-0.1, -0.05) is 19.1 Å². The monoisotopic (exact) mass is 235 g/mol. The number of ether oxygens (including phenoxy) is 1. The van der Waals surface area contributed by atoms with Crippen LogP contribution in [-0.2, 0) is 0 Å². The van der Waals surface area contributed by atoms with E-state index >= 15 is 0 Å². The molecule has 0 spiro atoms. The smallest absolute Gasteiger partial charge is 0.185 e. The number of benzene rings is 1. The van der Waals surface area contributed by atoms with Gasteiger partial charge in [0.05, 0.1) is 17.7 Å². The Labute approximate surface area is 103 Å². The summed E-state index contributed by atoms with van der Waals surface area (Å²) in [6, 6.07) is 7.40. The summed E-state index contributed by atoms with van der Waals surface area (Å²) in [6.07, 6.45) is 0.929. The zero-order valence-corrected chi connectivity index (χ0v) is 11.0. The molecule has 0 fully saturated rings. The van der Waals surface area contributed by atoms with Crippen LogP contribution in [0.1, 0.15) is 37.6 Å².